The molecule has 1 aliphatic heterocycles. The summed E-state index contributed by atoms with van der Waals surface area (Å²) in [6, 6.07) is 28.1. The molecule has 6 rings (SSSR count). The van der Waals surface area contributed by atoms with E-state index < -0.39 is 0 Å². The van der Waals surface area contributed by atoms with E-state index in [1.165, 1.54) is 76.9 Å². The molecule has 0 amide bonds. The quantitative estimate of drug-likeness (QED) is 0.290. The lowest BCUT2D eigenvalue weighted by atomic mass is 9.37. The fourth-order valence-corrected chi connectivity index (χ4v) is 5.94. The molecule has 0 aliphatic carbocycles. The third kappa shape index (κ3) is 2.84. The van der Waals surface area contributed by atoms with Gasteiger partial charge in [-0.3, -0.25) is 0 Å². The van der Waals surface area contributed by atoms with Gasteiger partial charge in [0.2, 0.25) is 6.71 Å². The van der Waals surface area contributed by atoms with Crippen molar-refractivity contribution in [2.45, 2.75) is 34.6 Å². The maximum atomic E-state index is 2.46. The van der Waals surface area contributed by atoms with Gasteiger partial charge in [0.05, 0.1) is 0 Å². The predicted molar refractivity (Wildman–Crippen MR) is 142 cm³/mol. The van der Waals surface area contributed by atoms with E-state index in [0.29, 0.717) is 0 Å². The van der Waals surface area contributed by atoms with Crippen LogP contribution in [0.1, 0.15) is 27.8 Å². The van der Waals surface area contributed by atoms with Crippen LogP contribution in [0.5, 0.6) is 0 Å². The minimum atomic E-state index is 0.274. The van der Waals surface area contributed by atoms with E-state index in [1.54, 1.807) is 0 Å². The van der Waals surface area contributed by atoms with Gasteiger partial charge in [-0.15, -0.1) is 0 Å². The Labute approximate surface area is 191 Å². The molecule has 0 saturated heterocycles. The topological polar surface area (TPSA) is 0 Å². The predicted octanol–water partition coefficient (Wildman–Crippen LogP) is 6.03. The van der Waals surface area contributed by atoms with E-state index in [1.807, 2.05) is 0 Å². The van der Waals surface area contributed by atoms with Crippen molar-refractivity contribution in [1.82, 2.24) is 0 Å². The SMILES string of the molecule is Cc1cc(C)c(B2c3cc4cc(C)ccc4cc3-c3cc4ccc(C)cc4cc32)c(C)c1. The highest BCUT2D eigenvalue weighted by atomic mass is 14.2. The van der Waals surface area contributed by atoms with Crippen molar-refractivity contribution in [1.29, 1.82) is 0 Å². The van der Waals surface area contributed by atoms with Gasteiger partial charge in [0, 0.05) is 0 Å². The summed E-state index contributed by atoms with van der Waals surface area (Å²) in [4.78, 5) is 0. The summed E-state index contributed by atoms with van der Waals surface area (Å²) in [5.41, 5.74) is 13.9. The Hall–Kier alpha value is -3.32. The Kier molecular flexibility index (Phi) is 4.14. The number of hydrogen-bond donors (Lipinski definition) is 0. The Morgan fingerprint density at radius 2 is 0.906 bits per heavy atom. The average Bonchev–Trinajstić information content (AvgIpc) is 3.02. The third-order valence-electron chi connectivity index (χ3n) is 7.27. The molecule has 154 valence electrons. The summed E-state index contributed by atoms with van der Waals surface area (Å²) in [5, 5.41) is 5.32. The first-order valence-corrected chi connectivity index (χ1v) is 11.6. The lowest BCUT2D eigenvalue weighted by molar-refractivity contribution is 1.35. The van der Waals surface area contributed by atoms with Crippen LogP contribution in [0.3, 0.4) is 0 Å². The summed E-state index contributed by atoms with van der Waals surface area (Å²) in [6.07, 6.45) is 0. The van der Waals surface area contributed by atoms with Crippen LogP contribution in [0.2, 0.25) is 0 Å². The van der Waals surface area contributed by atoms with Gasteiger partial charge in [-0.1, -0.05) is 105 Å². The number of fused-ring (bicyclic) bond motifs is 5. The summed E-state index contributed by atoms with van der Waals surface area (Å²) < 4.78 is 0. The molecule has 5 aromatic rings. The first-order valence-electron chi connectivity index (χ1n) is 11.6. The van der Waals surface area contributed by atoms with E-state index in [-0.39, 0.29) is 6.71 Å². The van der Waals surface area contributed by atoms with E-state index in [2.05, 4.69) is 107 Å². The monoisotopic (exact) mass is 410 g/mol. The van der Waals surface area contributed by atoms with Gasteiger partial charge in [0.25, 0.3) is 0 Å². The fourth-order valence-electron chi connectivity index (χ4n) is 5.94. The molecule has 0 unspecified atom stereocenters. The van der Waals surface area contributed by atoms with Gasteiger partial charge >= 0.3 is 0 Å². The van der Waals surface area contributed by atoms with Gasteiger partial charge in [0.1, 0.15) is 0 Å². The van der Waals surface area contributed by atoms with E-state index >= 15 is 0 Å². The molecule has 0 nitrogen and oxygen atoms in total. The van der Waals surface area contributed by atoms with Gasteiger partial charge < -0.3 is 0 Å². The van der Waals surface area contributed by atoms with Crippen molar-refractivity contribution in [2.75, 3.05) is 0 Å². The molecule has 32 heavy (non-hydrogen) atoms. The molecule has 1 heteroatoms. The van der Waals surface area contributed by atoms with Gasteiger partial charge in [-0.05, 0) is 79.4 Å². The molecular formula is C31H27B. The Morgan fingerprint density at radius 3 is 1.38 bits per heavy atom. The molecule has 0 N–H and O–H groups in total. The number of aryl methyl sites for hydroxylation is 5. The zero-order valence-electron chi connectivity index (χ0n) is 19.5. The van der Waals surface area contributed by atoms with Crippen LogP contribution in [0, 0.1) is 34.6 Å². The number of hydrogen-bond acceptors (Lipinski definition) is 0. The normalized spacial score (nSPS) is 12.5. The summed E-state index contributed by atoms with van der Waals surface area (Å²) in [5.74, 6) is 0. The van der Waals surface area contributed by atoms with Crippen molar-refractivity contribution < 1.29 is 0 Å². The first-order chi connectivity index (χ1) is 15.4. The zero-order valence-corrected chi connectivity index (χ0v) is 19.5. The largest absolute Gasteiger partial charge is 0.243 e. The highest BCUT2D eigenvalue weighted by molar-refractivity contribution is 6.99. The van der Waals surface area contributed by atoms with E-state index in [4.69, 9.17) is 0 Å². The van der Waals surface area contributed by atoms with Crippen LogP contribution >= 0.6 is 0 Å². The number of rotatable bonds is 1. The molecule has 0 bridgehead atoms. The summed E-state index contributed by atoms with van der Waals surface area (Å²) >= 11 is 0. The van der Waals surface area contributed by atoms with Gasteiger partial charge in [-0.25, -0.2) is 0 Å². The van der Waals surface area contributed by atoms with Crippen LogP contribution < -0.4 is 16.4 Å². The van der Waals surface area contributed by atoms with Crippen molar-refractivity contribution in [3.8, 4) is 11.1 Å². The smallest absolute Gasteiger partial charge is 0.0629 e. The Balaban J connectivity index is 1.73. The highest BCUT2D eigenvalue weighted by Crippen LogP contribution is 2.31. The van der Waals surface area contributed by atoms with Gasteiger partial charge in [0.15, 0.2) is 0 Å². The van der Waals surface area contributed by atoms with Crippen molar-refractivity contribution in [2.24, 2.45) is 0 Å². The summed E-state index contributed by atoms with van der Waals surface area (Å²) in [7, 11) is 0. The second-order valence-electron chi connectivity index (χ2n) is 9.83. The fraction of sp³-hybridized carbons (Fsp3) is 0.161. The number of benzene rings is 5. The second-order valence-corrected chi connectivity index (χ2v) is 9.83. The molecule has 1 aliphatic rings. The third-order valence-corrected chi connectivity index (χ3v) is 7.27. The van der Waals surface area contributed by atoms with Crippen LogP contribution in [-0.4, -0.2) is 6.71 Å². The average molecular weight is 410 g/mol. The Bertz CT molecular complexity index is 1460. The molecule has 0 saturated carbocycles. The maximum absolute atomic E-state index is 2.46. The second kappa shape index (κ2) is 6.84. The van der Waals surface area contributed by atoms with E-state index in [9.17, 15) is 0 Å². The Morgan fingerprint density at radius 1 is 0.438 bits per heavy atom. The van der Waals surface area contributed by atoms with Crippen LogP contribution in [0.15, 0.2) is 72.8 Å². The minimum Gasteiger partial charge on any atom is -0.0629 e. The molecule has 0 radical (unpaired) electrons. The molecule has 0 spiro atoms. The highest BCUT2D eigenvalue weighted by Gasteiger charge is 2.35. The lowest BCUT2D eigenvalue weighted by Crippen LogP contribution is -2.51. The van der Waals surface area contributed by atoms with Crippen LogP contribution in [0.25, 0.3) is 32.7 Å². The molecular weight excluding hydrogens is 383 g/mol. The molecule has 1 heterocycles. The molecule has 5 aromatic carbocycles. The van der Waals surface area contributed by atoms with Crippen LogP contribution in [0.4, 0.5) is 0 Å². The minimum absolute atomic E-state index is 0.274. The maximum Gasteiger partial charge on any atom is 0.243 e. The van der Waals surface area contributed by atoms with Crippen molar-refractivity contribution in [3.05, 3.63) is 101 Å². The lowest BCUT2D eigenvalue weighted by Gasteiger charge is -2.18. The molecule has 0 aromatic heterocycles. The molecule has 0 fully saturated rings. The van der Waals surface area contributed by atoms with Crippen LogP contribution in [-0.2, 0) is 0 Å². The van der Waals surface area contributed by atoms with Gasteiger partial charge in [-0.2, -0.15) is 0 Å². The summed E-state index contributed by atoms with van der Waals surface area (Å²) in [6.45, 7) is 11.4. The van der Waals surface area contributed by atoms with Crippen molar-refractivity contribution in [3.63, 3.8) is 0 Å². The standard InChI is InChI=1S/C31H27B/c1-18-6-8-23-14-27-28-15-24-9-7-19(2)13-26(24)17-30(28)32(29(27)16-25(23)12-18)31-21(4)10-20(3)11-22(31)5/h6-17H,1-5H3. The molecule has 0 atom stereocenters. The first kappa shape index (κ1) is 19.4. The van der Waals surface area contributed by atoms with E-state index in [0.717, 1.165) is 0 Å². The zero-order chi connectivity index (χ0) is 22.1. The van der Waals surface area contributed by atoms with Crippen molar-refractivity contribution >= 4 is 44.6 Å².